The van der Waals surface area contributed by atoms with Gasteiger partial charge in [0.1, 0.15) is 0 Å². The summed E-state index contributed by atoms with van der Waals surface area (Å²) in [5.74, 6) is 0.115. The van der Waals surface area contributed by atoms with Crippen LogP contribution in [-0.4, -0.2) is 17.6 Å². The van der Waals surface area contributed by atoms with Crippen molar-refractivity contribution in [1.82, 2.24) is 0 Å². The fraction of sp³-hybridized carbons (Fsp3) is 0.0769. The van der Waals surface area contributed by atoms with Crippen molar-refractivity contribution in [2.45, 2.75) is 11.8 Å². The maximum atomic E-state index is 12.4. The minimum Gasteiger partial charge on any atom is -0.325 e. The Morgan fingerprint density at radius 1 is 0.774 bits per heavy atom. The maximum Gasteiger partial charge on any atom is 0.255 e. The van der Waals surface area contributed by atoms with Gasteiger partial charge in [-0.1, -0.05) is 54.6 Å². The molecular formula is C26H22N2O2S. The zero-order valence-corrected chi connectivity index (χ0v) is 17.9. The Bertz CT molecular complexity index is 1230. The average molecular weight is 427 g/mol. The molecule has 4 nitrogen and oxygen atoms in total. The van der Waals surface area contributed by atoms with Gasteiger partial charge in [-0.05, 0) is 54.3 Å². The van der Waals surface area contributed by atoms with Crippen LogP contribution in [-0.2, 0) is 4.79 Å². The van der Waals surface area contributed by atoms with Crippen molar-refractivity contribution in [3.63, 3.8) is 0 Å². The lowest BCUT2D eigenvalue weighted by molar-refractivity contribution is -0.113. The van der Waals surface area contributed by atoms with E-state index in [1.807, 2.05) is 97.9 Å². The highest BCUT2D eigenvalue weighted by Crippen LogP contribution is 2.25. The predicted octanol–water partition coefficient (Wildman–Crippen LogP) is 6.13. The Balaban J connectivity index is 1.33. The summed E-state index contributed by atoms with van der Waals surface area (Å²) in [6, 6.07) is 28.9. The van der Waals surface area contributed by atoms with E-state index in [1.165, 1.54) is 11.8 Å². The van der Waals surface area contributed by atoms with E-state index in [2.05, 4.69) is 10.6 Å². The second-order valence-corrected chi connectivity index (χ2v) is 8.21. The summed E-state index contributed by atoms with van der Waals surface area (Å²) in [7, 11) is 0. The first-order valence-corrected chi connectivity index (χ1v) is 11.0. The number of carbonyl (C=O) groups excluding carboxylic acids is 2. The first kappa shape index (κ1) is 20.7. The van der Waals surface area contributed by atoms with E-state index >= 15 is 0 Å². The molecule has 0 unspecified atom stereocenters. The first-order chi connectivity index (χ1) is 15.1. The summed E-state index contributed by atoms with van der Waals surface area (Å²) in [5, 5.41) is 8.03. The molecule has 0 bridgehead atoms. The molecule has 0 radical (unpaired) electrons. The zero-order valence-electron chi connectivity index (χ0n) is 17.1. The molecule has 4 aromatic rings. The van der Waals surface area contributed by atoms with Crippen LogP contribution >= 0.6 is 11.8 Å². The van der Waals surface area contributed by atoms with Gasteiger partial charge in [-0.3, -0.25) is 9.59 Å². The van der Waals surface area contributed by atoms with E-state index in [-0.39, 0.29) is 11.8 Å². The van der Waals surface area contributed by atoms with Gasteiger partial charge >= 0.3 is 0 Å². The van der Waals surface area contributed by atoms with Crippen LogP contribution < -0.4 is 10.6 Å². The monoisotopic (exact) mass is 426 g/mol. The van der Waals surface area contributed by atoms with E-state index in [4.69, 9.17) is 0 Å². The first-order valence-electron chi connectivity index (χ1n) is 9.97. The third kappa shape index (κ3) is 5.13. The number of hydrogen-bond acceptors (Lipinski definition) is 3. The molecule has 0 fully saturated rings. The summed E-state index contributed by atoms with van der Waals surface area (Å²) in [6.45, 7) is 1.91. The molecule has 0 aliphatic carbocycles. The molecule has 31 heavy (non-hydrogen) atoms. The van der Waals surface area contributed by atoms with E-state index in [0.29, 0.717) is 11.3 Å². The SMILES string of the molecule is Cc1ccccc1C(=O)Nc1ccc(SCC(=O)Nc2cccc3ccccc23)cc1. The molecule has 0 spiro atoms. The third-order valence-electron chi connectivity index (χ3n) is 4.94. The summed E-state index contributed by atoms with van der Waals surface area (Å²) < 4.78 is 0. The normalized spacial score (nSPS) is 10.6. The highest BCUT2D eigenvalue weighted by Gasteiger charge is 2.09. The molecule has 0 heterocycles. The lowest BCUT2D eigenvalue weighted by Crippen LogP contribution is -2.14. The van der Waals surface area contributed by atoms with Crippen LogP contribution in [0.15, 0.2) is 95.9 Å². The number of anilines is 2. The topological polar surface area (TPSA) is 58.2 Å². The van der Waals surface area contributed by atoms with Crippen LogP contribution in [0.2, 0.25) is 0 Å². The smallest absolute Gasteiger partial charge is 0.255 e. The fourth-order valence-corrected chi connectivity index (χ4v) is 4.03. The van der Waals surface area contributed by atoms with Gasteiger partial charge in [0.25, 0.3) is 5.91 Å². The summed E-state index contributed by atoms with van der Waals surface area (Å²) >= 11 is 1.45. The number of hydrogen-bond donors (Lipinski definition) is 2. The van der Waals surface area contributed by atoms with Gasteiger partial charge in [-0.2, -0.15) is 0 Å². The van der Waals surface area contributed by atoms with Crippen molar-refractivity contribution >= 4 is 45.7 Å². The predicted molar refractivity (Wildman–Crippen MR) is 129 cm³/mol. The number of carbonyl (C=O) groups is 2. The molecule has 5 heteroatoms. The second kappa shape index (κ2) is 9.49. The van der Waals surface area contributed by atoms with Gasteiger partial charge in [0.2, 0.25) is 5.91 Å². The fourth-order valence-electron chi connectivity index (χ4n) is 3.33. The summed E-state index contributed by atoms with van der Waals surface area (Å²) in [4.78, 5) is 25.8. The number of aryl methyl sites for hydroxylation is 1. The quantitative estimate of drug-likeness (QED) is 0.365. The number of benzene rings is 4. The number of rotatable bonds is 6. The van der Waals surface area contributed by atoms with Gasteiger partial charge in [0.05, 0.1) is 5.75 Å². The Hall–Kier alpha value is -3.57. The number of nitrogens with one attached hydrogen (secondary N) is 2. The van der Waals surface area contributed by atoms with E-state index in [9.17, 15) is 9.59 Å². The minimum atomic E-state index is -0.132. The lowest BCUT2D eigenvalue weighted by atomic mass is 10.1. The molecule has 4 aromatic carbocycles. The Morgan fingerprint density at radius 2 is 1.48 bits per heavy atom. The van der Waals surface area contributed by atoms with Crippen molar-refractivity contribution in [2.75, 3.05) is 16.4 Å². The van der Waals surface area contributed by atoms with E-state index < -0.39 is 0 Å². The molecule has 2 N–H and O–H groups in total. The summed E-state index contributed by atoms with van der Waals surface area (Å²) in [6.07, 6.45) is 0. The zero-order chi connectivity index (χ0) is 21.6. The molecule has 0 atom stereocenters. The third-order valence-corrected chi connectivity index (χ3v) is 5.95. The van der Waals surface area contributed by atoms with Gasteiger partial charge in [0.15, 0.2) is 0 Å². The molecule has 0 aliphatic rings. The van der Waals surface area contributed by atoms with Crippen LogP contribution in [0.4, 0.5) is 11.4 Å². The largest absolute Gasteiger partial charge is 0.325 e. The van der Waals surface area contributed by atoms with Gasteiger partial charge in [-0.25, -0.2) is 0 Å². The molecule has 0 aliphatic heterocycles. The molecular weight excluding hydrogens is 404 g/mol. The number of thioether (sulfide) groups is 1. The van der Waals surface area contributed by atoms with Gasteiger partial charge in [-0.15, -0.1) is 11.8 Å². The van der Waals surface area contributed by atoms with E-state index in [0.717, 1.165) is 32.6 Å². The Morgan fingerprint density at radius 3 is 2.29 bits per heavy atom. The standard InChI is InChI=1S/C26H22N2O2S/c1-18-7-2-4-10-22(18)26(30)27-20-13-15-21(16-14-20)31-17-25(29)28-24-12-6-9-19-8-3-5-11-23(19)24/h2-16H,17H2,1H3,(H,27,30)(H,28,29). The second-order valence-electron chi connectivity index (χ2n) is 7.16. The van der Waals surface area contributed by atoms with E-state index in [1.54, 1.807) is 0 Å². The lowest BCUT2D eigenvalue weighted by Gasteiger charge is -2.10. The highest BCUT2D eigenvalue weighted by atomic mass is 32.2. The van der Waals surface area contributed by atoms with Crippen LogP contribution in [0.1, 0.15) is 15.9 Å². The van der Waals surface area contributed by atoms with Crippen molar-refractivity contribution in [2.24, 2.45) is 0 Å². The van der Waals surface area contributed by atoms with Crippen LogP contribution in [0, 0.1) is 6.92 Å². The minimum absolute atomic E-state index is 0.0571. The van der Waals surface area contributed by atoms with Crippen molar-refractivity contribution < 1.29 is 9.59 Å². The van der Waals surface area contributed by atoms with Crippen LogP contribution in [0.25, 0.3) is 10.8 Å². The molecule has 0 aromatic heterocycles. The molecule has 4 rings (SSSR count). The Kier molecular flexibility index (Phi) is 6.34. The van der Waals surface area contributed by atoms with Crippen LogP contribution in [0.5, 0.6) is 0 Å². The summed E-state index contributed by atoms with van der Waals surface area (Å²) in [5.41, 5.74) is 3.13. The van der Waals surface area contributed by atoms with Crippen molar-refractivity contribution in [1.29, 1.82) is 0 Å². The number of amides is 2. The van der Waals surface area contributed by atoms with Crippen molar-refractivity contribution in [3.8, 4) is 0 Å². The molecule has 2 amide bonds. The molecule has 154 valence electrons. The van der Waals surface area contributed by atoms with Gasteiger partial charge in [0, 0.05) is 27.2 Å². The molecule has 0 saturated carbocycles. The van der Waals surface area contributed by atoms with Crippen molar-refractivity contribution in [3.05, 3.63) is 102 Å². The number of fused-ring (bicyclic) bond motifs is 1. The maximum absolute atomic E-state index is 12.4. The average Bonchev–Trinajstić information content (AvgIpc) is 2.79. The van der Waals surface area contributed by atoms with Gasteiger partial charge < -0.3 is 10.6 Å². The Labute approximate surface area is 185 Å². The van der Waals surface area contributed by atoms with Crippen LogP contribution in [0.3, 0.4) is 0 Å². The molecule has 0 saturated heterocycles. The highest BCUT2D eigenvalue weighted by molar-refractivity contribution is 8.00.